The Balaban J connectivity index is 2.23. The maximum atomic E-state index is 5.93. The van der Waals surface area contributed by atoms with Crippen molar-refractivity contribution in [3.05, 3.63) is 23.9 Å². The van der Waals surface area contributed by atoms with Crippen LogP contribution < -0.4 is 10.6 Å². The second-order valence-corrected chi connectivity index (χ2v) is 5.29. The van der Waals surface area contributed by atoms with E-state index in [2.05, 4.69) is 29.8 Å². The van der Waals surface area contributed by atoms with Gasteiger partial charge in [0.2, 0.25) is 0 Å². The molecular formula is C14H23N3. The van der Waals surface area contributed by atoms with Crippen molar-refractivity contribution < 1.29 is 0 Å². The fourth-order valence-electron chi connectivity index (χ4n) is 2.53. The lowest BCUT2D eigenvalue weighted by Crippen LogP contribution is -2.42. The van der Waals surface area contributed by atoms with E-state index in [9.17, 15) is 0 Å². The summed E-state index contributed by atoms with van der Waals surface area (Å²) < 4.78 is 0. The Morgan fingerprint density at radius 1 is 1.47 bits per heavy atom. The number of piperidine rings is 1. The number of anilines is 1. The zero-order chi connectivity index (χ0) is 12.4. The zero-order valence-electron chi connectivity index (χ0n) is 11.1. The number of nitrogens with two attached hydrogens (primary N) is 1. The molecule has 3 heteroatoms. The van der Waals surface area contributed by atoms with Gasteiger partial charge in [-0.15, -0.1) is 0 Å². The number of aromatic nitrogens is 1. The summed E-state index contributed by atoms with van der Waals surface area (Å²) in [6.07, 6.45) is 4.46. The molecule has 94 valence electrons. The molecule has 3 atom stereocenters. The molecule has 2 N–H and O–H groups in total. The largest absolute Gasteiger partial charge is 0.354 e. The van der Waals surface area contributed by atoms with Gasteiger partial charge in [0.25, 0.3) is 0 Å². The van der Waals surface area contributed by atoms with Crippen LogP contribution in [0.1, 0.15) is 45.2 Å². The van der Waals surface area contributed by atoms with E-state index in [0.29, 0.717) is 6.04 Å². The average Bonchev–Trinajstić information content (AvgIpc) is 2.33. The quantitative estimate of drug-likeness (QED) is 0.854. The van der Waals surface area contributed by atoms with Crippen LogP contribution in [0.15, 0.2) is 18.3 Å². The van der Waals surface area contributed by atoms with Gasteiger partial charge in [-0.2, -0.15) is 0 Å². The third-order valence-corrected chi connectivity index (χ3v) is 3.96. The third kappa shape index (κ3) is 2.60. The van der Waals surface area contributed by atoms with Crippen molar-refractivity contribution in [1.82, 2.24) is 4.98 Å². The number of hydrogen-bond acceptors (Lipinski definition) is 3. The minimum atomic E-state index is 0.0780. The van der Waals surface area contributed by atoms with Crippen LogP contribution in [-0.2, 0) is 0 Å². The summed E-state index contributed by atoms with van der Waals surface area (Å²) >= 11 is 0. The van der Waals surface area contributed by atoms with Crippen molar-refractivity contribution in [3.63, 3.8) is 0 Å². The van der Waals surface area contributed by atoms with Gasteiger partial charge in [-0.3, -0.25) is 0 Å². The molecule has 1 aromatic rings. The van der Waals surface area contributed by atoms with Gasteiger partial charge >= 0.3 is 0 Å². The fourth-order valence-corrected chi connectivity index (χ4v) is 2.53. The van der Waals surface area contributed by atoms with Crippen molar-refractivity contribution in [2.75, 3.05) is 11.4 Å². The molecule has 0 spiro atoms. The lowest BCUT2D eigenvalue weighted by atomic mass is 9.92. The average molecular weight is 233 g/mol. The van der Waals surface area contributed by atoms with Crippen molar-refractivity contribution in [1.29, 1.82) is 0 Å². The summed E-state index contributed by atoms with van der Waals surface area (Å²) in [6.45, 7) is 7.75. The van der Waals surface area contributed by atoms with E-state index < -0.39 is 0 Å². The summed E-state index contributed by atoms with van der Waals surface area (Å²) in [5.74, 6) is 1.82. The Bertz CT molecular complexity index is 375. The van der Waals surface area contributed by atoms with Gasteiger partial charge in [-0.1, -0.05) is 6.92 Å². The fraction of sp³-hybridized carbons (Fsp3) is 0.643. The maximum Gasteiger partial charge on any atom is 0.129 e. The molecule has 1 aromatic heterocycles. The van der Waals surface area contributed by atoms with Gasteiger partial charge in [0.1, 0.15) is 5.82 Å². The molecule has 2 rings (SSSR count). The van der Waals surface area contributed by atoms with E-state index in [0.717, 1.165) is 18.3 Å². The summed E-state index contributed by atoms with van der Waals surface area (Å²) in [5, 5.41) is 0. The van der Waals surface area contributed by atoms with Crippen molar-refractivity contribution in [2.45, 2.75) is 45.7 Å². The highest BCUT2D eigenvalue weighted by atomic mass is 15.2. The molecule has 0 aliphatic carbocycles. The van der Waals surface area contributed by atoms with Gasteiger partial charge in [-0.05, 0) is 50.3 Å². The molecule has 1 saturated heterocycles. The van der Waals surface area contributed by atoms with Crippen LogP contribution in [0, 0.1) is 5.92 Å². The topological polar surface area (TPSA) is 42.1 Å². The first-order valence-electron chi connectivity index (χ1n) is 6.57. The van der Waals surface area contributed by atoms with Gasteiger partial charge in [0, 0.05) is 24.8 Å². The highest BCUT2D eigenvalue weighted by molar-refractivity contribution is 5.43. The molecule has 2 unspecified atom stereocenters. The maximum absolute atomic E-state index is 5.93. The Kier molecular flexibility index (Phi) is 3.67. The minimum absolute atomic E-state index is 0.0780. The van der Waals surface area contributed by atoms with Crippen LogP contribution in [0.25, 0.3) is 0 Å². The second-order valence-electron chi connectivity index (χ2n) is 5.29. The predicted molar refractivity (Wildman–Crippen MR) is 72.0 cm³/mol. The van der Waals surface area contributed by atoms with Gasteiger partial charge in [-0.25, -0.2) is 4.98 Å². The SMILES string of the molecule is CC1CCCN(c2cc([C@H](C)N)ccn2)C1C. The molecule has 0 bridgehead atoms. The molecule has 1 aliphatic heterocycles. The van der Waals surface area contributed by atoms with Crippen LogP contribution in [-0.4, -0.2) is 17.6 Å². The Morgan fingerprint density at radius 3 is 2.94 bits per heavy atom. The molecule has 17 heavy (non-hydrogen) atoms. The first-order chi connectivity index (χ1) is 8.09. The highest BCUT2D eigenvalue weighted by Gasteiger charge is 2.25. The van der Waals surface area contributed by atoms with Crippen molar-refractivity contribution in [3.8, 4) is 0 Å². The highest BCUT2D eigenvalue weighted by Crippen LogP contribution is 2.28. The van der Waals surface area contributed by atoms with Crippen molar-refractivity contribution >= 4 is 5.82 Å². The van der Waals surface area contributed by atoms with Gasteiger partial charge in [0.15, 0.2) is 0 Å². The third-order valence-electron chi connectivity index (χ3n) is 3.96. The molecule has 3 nitrogen and oxygen atoms in total. The van der Waals surface area contributed by atoms with E-state index in [1.54, 1.807) is 0 Å². The van der Waals surface area contributed by atoms with E-state index in [4.69, 9.17) is 5.73 Å². The molecule has 2 heterocycles. The predicted octanol–water partition coefficient (Wildman–Crippen LogP) is 2.73. The van der Waals surface area contributed by atoms with Crippen LogP contribution in [0.5, 0.6) is 0 Å². The van der Waals surface area contributed by atoms with E-state index >= 15 is 0 Å². The van der Waals surface area contributed by atoms with E-state index in [1.807, 2.05) is 19.2 Å². The first-order valence-corrected chi connectivity index (χ1v) is 6.57. The van der Waals surface area contributed by atoms with Crippen LogP contribution in [0.4, 0.5) is 5.82 Å². The molecule has 1 aliphatic rings. The zero-order valence-corrected chi connectivity index (χ0v) is 11.1. The first kappa shape index (κ1) is 12.4. The normalized spacial score (nSPS) is 26.9. The van der Waals surface area contributed by atoms with E-state index in [-0.39, 0.29) is 6.04 Å². The van der Waals surface area contributed by atoms with Crippen LogP contribution >= 0.6 is 0 Å². The molecular weight excluding hydrogens is 210 g/mol. The number of hydrogen-bond donors (Lipinski definition) is 1. The minimum Gasteiger partial charge on any atom is -0.354 e. The number of nitrogens with zero attached hydrogens (tertiary/aromatic N) is 2. The van der Waals surface area contributed by atoms with Crippen LogP contribution in [0.3, 0.4) is 0 Å². The van der Waals surface area contributed by atoms with E-state index in [1.165, 1.54) is 18.4 Å². The Labute approximate surface area is 104 Å². The summed E-state index contributed by atoms with van der Waals surface area (Å²) in [4.78, 5) is 6.92. The molecule has 0 amide bonds. The Hall–Kier alpha value is -1.09. The number of pyridine rings is 1. The standard InChI is InChI=1S/C14H23N3/c1-10-5-4-8-17(12(10)3)14-9-13(11(2)15)6-7-16-14/h6-7,9-12H,4-5,8,15H2,1-3H3/t10?,11-,12?/m0/s1. The smallest absolute Gasteiger partial charge is 0.129 e. The lowest BCUT2D eigenvalue weighted by molar-refractivity contribution is 0.361. The van der Waals surface area contributed by atoms with Gasteiger partial charge in [0.05, 0.1) is 0 Å². The Morgan fingerprint density at radius 2 is 2.24 bits per heavy atom. The lowest BCUT2D eigenvalue weighted by Gasteiger charge is -2.39. The van der Waals surface area contributed by atoms with Gasteiger partial charge < -0.3 is 10.6 Å². The summed E-state index contributed by atoms with van der Waals surface area (Å²) in [5.41, 5.74) is 7.09. The molecule has 0 radical (unpaired) electrons. The second kappa shape index (κ2) is 5.05. The summed E-state index contributed by atoms with van der Waals surface area (Å²) in [7, 11) is 0. The molecule has 0 aromatic carbocycles. The summed E-state index contributed by atoms with van der Waals surface area (Å²) in [6, 6.07) is 4.79. The monoisotopic (exact) mass is 233 g/mol. The number of rotatable bonds is 2. The molecule has 1 fully saturated rings. The van der Waals surface area contributed by atoms with Crippen LogP contribution in [0.2, 0.25) is 0 Å². The molecule has 0 saturated carbocycles. The van der Waals surface area contributed by atoms with Crippen molar-refractivity contribution in [2.24, 2.45) is 11.7 Å².